The van der Waals surface area contributed by atoms with Crippen molar-refractivity contribution in [3.63, 3.8) is 0 Å². The van der Waals surface area contributed by atoms with Crippen molar-refractivity contribution >= 4 is 29.1 Å². The lowest BCUT2D eigenvalue weighted by molar-refractivity contribution is -0.140. The van der Waals surface area contributed by atoms with Crippen molar-refractivity contribution in [2.45, 2.75) is 50.7 Å². The van der Waals surface area contributed by atoms with E-state index in [4.69, 9.17) is 16.3 Å². The second-order valence-corrected chi connectivity index (χ2v) is 8.10. The Hall–Kier alpha value is -2.22. The van der Waals surface area contributed by atoms with Crippen LogP contribution in [0.2, 0.25) is 5.02 Å². The summed E-state index contributed by atoms with van der Waals surface area (Å²) in [5.74, 6) is -1.18. The Morgan fingerprint density at radius 1 is 1.29 bits per heavy atom. The number of carbonyl (C=O) groups excluding carboxylic acids is 3. The van der Waals surface area contributed by atoms with Crippen LogP contribution >= 0.6 is 11.6 Å². The van der Waals surface area contributed by atoms with Crippen LogP contribution < -0.4 is 4.74 Å². The summed E-state index contributed by atoms with van der Waals surface area (Å²) in [4.78, 5) is 35.7. The van der Waals surface area contributed by atoms with Crippen molar-refractivity contribution < 1.29 is 34.1 Å². The van der Waals surface area contributed by atoms with E-state index in [0.717, 1.165) is 0 Å². The molecule has 1 saturated carbocycles. The maximum absolute atomic E-state index is 12.3. The minimum absolute atomic E-state index is 0.00952. The van der Waals surface area contributed by atoms with Crippen LogP contribution in [0.4, 0.5) is 0 Å². The fourth-order valence-corrected chi connectivity index (χ4v) is 3.76. The lowest BCUT2D eigenvalue weighted by Gasteiger charge is -2.17. The van der Waals surface area contributed by atoms with Gasteiger partial charge in [0, 0.05) is 42.5 Å². The van der Waals surface area contributed by atoms with Gasteiger partial charge in [-0.15, -0.1) is 0 Å². The van der Waals surface area contributed by atoms with Crippen molar-refractivity contribution in [3.8, 4) is 5.75 Å². The van der Waals surface area contributed by atoms with Gasteiger partial charge in [0.25, 0.3) is 0 Å². The second kappa shape index (κ2) is 12.6. The molecule has 0 heterocycles. The number of hydrogen-bond acceptors (Lipinski definition) is 7. The van der Waals surface area contributed by atoms with Gasteiger partial charge >= 0.3 is 5.97 Å². The van der Waals surface area contributed by atoms with Crippen molar-refractivity contribution in [3.05, 3.63) is 41.4 Å². The number of rotatable bonds is 12. The van der Waals surface area contributed by atoms with E-state index in [1.165, 1.54) is 13.2 Å². The van der Waals surface area contributed by atoms with Crippen LogP contribution in [-0.2, 0) is 19.1 Å². The quantitative estimate of drug-likeness (QED) is 0.285. The van der Waals surface area contributed by atoms with Crippen LogP contribution in [0.15, 0.2) is 36.4 Å². The van der Waals surface area contributed by atoms with Crippen molar-refractivity contribution in [2.24, 2.45) is 11.8 Å². The van der Waals surface area contributed by atoms with Gasteiger partial charge in [0.2, 0.25) is 0 Å². The van der Waals surface area contributed by atoms with Gasteiger partial charge in [0.15, 0.2) is 0 Å². The highest BCUT2D eigenvalue weighted by Gasteiger charge is 2.40. The fraction of sp³-hybridized carbons (Fsp3) is 0.522. The SMILES string of the molecule is COC(=O)CCCCC(=O)C[C@H]1C(=O)C[C@@H](O)[C@@H]1/C=C/[C@@H](O)COc1cccc(Cl)c1. The van der Waals surface area contributed by atoms with Crippen LogP contribution in [0, 0.1) is 11.8 Å². The zero-order valence-electron chi connectivity index (χ0n) is 17.5. The molecule has 0 amide bonds. The summed E-state index contributed by atoms with van der Waals surface area (Å²) in [5, 5.41) is 20.9. The van der Waals surface area contributed by atoms with Gasteiger partial charge in [0.05, 0.1) is 13.2 Å². The number of unbranched alkanes of at least 4 members (excludes halogenated alkanes) is 1. The number of aliphatic hydroxyl groups is 2. The first-order valence-corrected chi connectivity index (χ1v) is 10.7. The molecule has 2 N–H and O–H groups in total. The molecule has 1 fully saturated rings. The van der Waals surface area contributed by atoms with Gasteiger partial charge in [0.1, 0.15) is 30.0 Å². The Labute approximate surface area is 187 Å². The normalized spacial score (nSPS) is 21.9. The molecule has 0 radical (unpaired) electrons. The molecular weight excluding hydrogens is 424 g/mol. The van der Waals surface area contributed by atoms with E-state index in [-0.39, 0.29) is 49.8 Å². The monoisotopic (exact) mass is 452 g/mol. The highest BCUT2D eigenvalue weighted by atomic mass is 35.5. The molecule has 0 aromatic heterocycles. The van der Waals surface area contributed by atoms with Crippen LogP contribution in [-0.4, -0.2) is 53.7 Å². The first kappa shape index (κ1) is 25.0. The summed E-state index contributed by atoms with van der Waals surface area (Å²) in [6.45, 7) is -0.0165. The third-order valence-electron chi connectivity index (χ3n) is 5.27. The summed E-state index contributed by atoms with van der Waals surface area (Å²) >= 11 is 5.89. The van der Waals surface area contributed by atoms with Crippen LogP contribution in [0.25, 0.3) is 0 Å². The minimum atomic E-state index is -0.948. The number of ether oxygens (including phenoxy) is 2. The smallest absolute Gasteiger partial charge is 0.305 e. The molecule has 1 aliphatic rings. The maximum Gasteiger partial charge on any atom is 0.305 e. The standard InChI is InChI=1S/C23H29ClO7/c1-30-23(29)8-3-2-6-16(25)12-20-19(21(27)13-22(20)28)10-9-17(26)14-31-18-7-4-5-15(24)11-18/h4-5,7,9-11,17,19-21,26-27H,2-3,6,8,12-14H2,1H3/b10-9+/t17-,19-,20-,21-/m1/s1. The van der Waals surface area contributed by atoms with Crippen LogP contribution in [0.3, 0.4) is 0 Å². The Kier molecular flexibility index (Phi) is 10.2. The molecule has 170 valence electrons. The lowest BCUT2D eigenvalue weighted by Crippen LogP contribution is -2.23. The molecule has 1 aliphatic carbocycles. The second-order valence-electron chi connectivity index (χ2n) is 7.67. The van der Waals surface area contributed by atoms with E-state index >= 15 is 0 Å². The first-order chi connectivity index (χ1) is 14.8. The van der Waals surface area contributed by atoms with E-state index in [2.05, 4.69) is 4.74 Å². The number of Topliss-reactive ketones (excluding diaryl/α,β-unsaturated/α-hetero) is 2. The summed E-state index contributed by atoms with van der Waals surface area (Å²) in [7, 11) is 1.32. The van der Waals surface area contributed by atoms with Gasteiger partial charge in [-0.05, 0) is 31.0 Å². The van der Waals surface area contributed by atoms with Crippen molar-refractivity contribution in [1.29, 1.82) is 0 Å². The van der Waals surface area contributed by atoms with Crippen LogP contribution in [0.5, 0.6) is 5.75 Å². The molecule has 0 unspecified atom stereocenters. The number of carbonyl (C=O) groups is 3. The molecule has 0 aliphatic heterocycles. The molecule has 2 rings (SSSR count). The first-order valence-electron chi connectivity index (χ1n) is 10.3. The highest BCUT2D eigenvalue weighted by Crippen LogP contribution is 2.33. The van der Waals surface area contributed by atoms with Crippen LogP contribution in [0.1, 0.15) is 38.5 Å². The van der Waals surface area contributed by atoms with E-state index in [9.17, 15) is 24.6 Å². The maximum atomic E-state index is 12.3. The zero-order valence-corrected chi connectivity index (χ0v) is 18.3. The van der Waals surface area contributed by atoms with Gasteiger partial charge in [-0.1, -0.05) is 29.8 Å². The largest absolute Gasteiger partial charge is 0.491 e. The molecule has 7 nitrogen and oxygen atoms in total. The molecule has 0 saturated heterocycles. The molecule has 0 bridgehead atoms. The number of aliphatic hydroxyl groups excluding tert-OH is 2. The number of esters is 1. The topological polar surface area (TPSA) is 110 Å². The molecule has 4 atom stereocenters. The minimum Gasteiger partial charge on any atom is -0.491 e. The molecular formula is C23H29ClO7. The third kappa shape index (κ3) is 8.44. The molecule has 8 heteroatoms. The average Bonchev–Trinajstić information content (AvgIpc) is 3.00. The van der Waals surface area contributed by atoms with Gasteiger partial charge in [-0.25, -0.2) is 0 Å². The summed E-state index contributed by atoms with van der Waals surface area (Å²) in [6.07, 6.45) is 2.87. The number of halogens is 1. The highest BCUT2D eigenvalue weighted by molar-refractivity contribution is 6.30. The summed E-state index contributed by atoms with van der Waals surface area (Å²) in [6, 6.07) is 6.79. The predicted molar refractivity (Wildman–Crippen MR) is 115 cm³/mol. The Bertz CT molecular complexity index is 792. The third-order valence-corrected chi connectivity index (χ3v) is 5.50. The van der Waals surface area contributed by atoms with Crippen molar-refractivity contribution in [2.75, 3.05) is 13.7 Å². The Morgan fingerprint density at radius 2 is 2.03 bits per heavy atom. The fourth-order valence-electron chi connectivity index (χ4n) is 3.58. The molecule has 1 aromatic rings. The predicted octanol–water partition coefficient (Wildman–Crippen LogP) is 2.89. The van der Waals surface area contributed by atoms with E-state index in [1.54, 1.807) is 30.3 Å². The van der Waals surface area contributed by atoms with Gasteiger partial charge < -0.3 is 19.7 Å². The Morgan fingerprint density at radius 3 is 2.74 bits per heavy atom. The number of ketones is 2. The molecule has 0 spiro atoms. The molecule has 1 aromatic carbocycles. The van der Waals surface area contributed by atoms with E-state index in [1.807, 2.05) is 0 Å². The van der Waals surface area contributed by atoms with Crippen molar-refractivity contribution in [1.82, 2.24) is 0 Å². The average molecular weight is 453 g/mol. The lowest BCUT2D eigenvalue weighted by atomic mass is 9.88. The van der Waals surface area contributed by atoms with Gasteiger partial charge in [-0.2, -0.15) is 0 Å². The number of methoxy groups -OCH3 is 1. The number of hydrogen-bond donors (Lipinski definition) is 2. The van der Waals surface area contributed by atoms with E-state index in [0.29, 0.717) is 23.6 Å². The number of benzene rings is 1. The van der Waals surface area contributed by atoms with Gasteiger partial charge in [-0.3, -0.25) is 14.4 Å². The summed E-state index contributed by atoms with van der Waals surface area (Å²) in [5.41, 5.74) is 0. The van der Waals surface area contributed by atoms with E-state index < -0.39 is 24.0 Å². The molecule has 31 heavy (non-hydrogen) atoms. The Balaban J connectivity index is 1.84. The summed E-state index contributed by atoms with van der Waals surface area (Å²) < 4.78 is 10.0. The zero-order chi connectivity index (χ0) is 22.8.